The Morgan fingerprint density at radius 3 is 1.52 bits per heavy atom. The van der Waals surface area contributed by atoms with Crippen molar-refractivity contribution < 1.29 is 19.1 Å². The minimum Gasteiger partial charge on any atom is -0.464 e. The summed E-state index contributed by atoms with van der Waals surface area (Å²) in [5, 5.41) is 1.76. The summed E-state index contributed by atoms with van der Waals surface area (Å²) in [4.78, 5) is 32.3. The summed E-state index contributed by atoms with van der Waals surface area (Å²) in [6.07, 6.45) is 0. The zero-order chi connectivity index (χ0) is 22.9. The second kappa shape index (κ2) is 8.31. The van der Waals surface area contributed by atoms with E-state index in [4.69, 9.17) is 9.47 Å². The highest BCUT2D eigenvalue weighted by Crippen LogP contribution is 2.43. The Morgan fingerprint density at radius 1 is 0.636 bits per heavy atom. The first-order valence-electron chi connectivity index (χ1n) is 10.6. The van der Waals surface area contributed by atoms with Gasteiger partial charge >= 0.3 is 11.9 Å². The zero-order valence-electron chi connectivity index (χ0n) is 18.2. The van der Waals surface area contributed by atoms with E-state index >= 15 is 0 Å². The third-order valence-electron chi connectivity index (χ3n) is 5.98. The molecule has 0 bridgehead atoms. The molecule has 0 saturated heterocycles. The molecule has 0 saturated carbocycles. The molecule has 0 aliphatic heterocycles. The first kappa shape index (κ1) is 20.6. The summed E-state index contributed by atoms with van der Waals surface area (Å²) >= 11 is 0. The Bertz CT molecular complexity index is 1390. The van der Waals surface area contributed by atoms with Crippen LogP contribution in [0.1, 0.15) is 43.6 Å². The maximum Gasteiger partial charge on any atom is 0.354 e. The molecule has 6 heteroatoms. The highest BCUT2D eigenvalue weighted by atomic mass is 16.5. The maximum absolute atomic E-state index is 12.9. The third-order valence-corrected chi connectivity index (χ3v) is 5.98. The molecule has 6 nitrogen and oxygen atoms in total. The Morgan fingerprint density at radius 2 is 1.06 bits per heavy atom. The number of H-pyrrole nitrogens is 2. The zero-order valence-corrected chi connectivity index (χ0v) is 18.2. The van der Waals surface area contributed by atoms with Gasteiger partial charge in [-0.1, -0.05) is 66.7 Å². The summed E-state index contributed by atoms with van der Waals surface area (Å²) in [5.41, 5.74) is 4.77. The molecular formula is C27H22N2O4. The van der Waals surface area contributed by atoms with Crippen LogP contribution in [0.2, 0.25) is 0 Å². The fourth-order valence-electron chi connectivity index (χ4n) is 4.58. The number of ether oxygens (including phenoxy) is 2. The van der Waals surface area contributed by atoms with Crippen molar-refractivity contribution in [3.63, 3.8) is 0 Å². The molecule has 0 amide bonds. The predicted molar refractivity (Wildman–Crippen MR) is 127 cm³/mol. The molecule has 0 aliphatic carbocycles. The van der Waals surface area contributed by atoms with E-state index in [1.807, 2.05) is 78.9 Å². The lowest BCUT2D eigenvalue weighted by atomic mass is 9.82. The number of benzene rings is 3. The minimum atomic E-state index is -0.471. The monoisotopic (exact) mass is 438 g/mol. The SMILES string of the molecule is COC(=O)c1[nH]c2ccccc2c1C(c1ccccc1)c1c(C(=O)OC)[nH]c2ccccc12. The van der Waals surface area contributed by atoms with E-state index in [0.29, 0.717) is 11.4 Å². The number of methoxy groups -OCH3 is 2. The lowest BCUT2D eigenvalue weighted by molar-refractivity contribution is 0.0587. The Labute approximate surface area is 190 Å². The van der Waals surface area contributed by atoms with Gasteiger partial charge in [-0.2, -0.15) is 0 Å². The van der Waals surface area contributed by atoms with Crippen LogP contribution < -0.4 is 0 Å². The lowest BCUT2D eigenvalue weighted by Crippen LogP contribution is -2.14. The molecule has 5 aromatic rings. The number of esters is 2. The maximum atomic E-state index is 12.9. The largest absolute Gasteiger partial charge is 0.464 e. The number of rotatable bonds is 5. The van der Waals surface area contributed by atoms with E-state index in [0.717, 1.165) is 38.5 Å². The van der Waals surface area contributed by atoms with Gasteiger partial charge in [0, 0.05) is 38.9 Å². The second-order valence-electron chi connectivity index (χ2n) is 7.75. The molecule has 0 aliphatic rings. The average Bonchev–Trinajstić information content (AvgIpc) is 3.44. The number of fused-ring (bicyclic) bond motifs is 2. The van der Waals surface area contributed by atoms with Crippen LogP contribution in [0, 0.1) is 0 Å². The topological polar surface area (TPSA) is 84.2 Å². The van der Waals surface area contributed by atoms with E-state index in [1.54, 1.807) is 0 Å². The van der Waals surface area contributed by atoms with Crippen LogP contribution >= 0.6 is 0 Å². The smallest absolute Gasteiger partial charge is 0.354 e. The molecular weight excluding hydrogens is 416 g/mol. The van der Waals surface area contributed by atoms with Gasteiger partial charge in [0.25, 0.3) is 0 Å². The van der Waals surface area contributed by atoms with Gasteiger partial charge in [-0.15, -0.1) is 0 Å². The van der Waals surface area contributed by atoms with E-state index in [1.165, 1.54) is 14.2 Å². The number of aromatic nitrogens is 2. The fourth-order valence-corrected chi connectivity index (χ4v) is 4.58. The number of carbonyl (C=O) groups excluding carboxylic acids is 2. The molecule has 0 atom stereocenters. The molecule has 0 unspecified atom stereocenters. The number of para-hydroxylation sites is 2. The summed E-state index contributed by atoms with van der Waals surface area (Å²) in [5.74, 6) is -1.38. The van der Waals surface area contributed by atoms with Crippen LogP contribution in [0.3, 0.4) is 0 Å². The second-order valence-corrected chi connectivity index (χ2v) is 7.75. The number of nitrogens with one attached hydrogen (secondary N) is 2. The molecule has 2 N–H and O–H groups in total. The fraction of sp³-hybridized carbons (Fsp3) is 0.111. The van der Waals surface area contributed by atoms with E-state index in [9.17, 15) is 9.59 Å². The minimum absolute atomic E-state index is 0.355. The number of hydrogen-bond donors (Lipinski definition) is 2. The van der Waals surface area contributed by atoms with Crippen LogP contribution in [-0.4, -0.2) is 36.1 Å². The van der Waals surface area contributed by atoms with Gasteiger partial charge in [0.1, 0.15) is 11.4 Å². The van der Waals surface area contributed by atoms with Gasteiger partial charge in [0.15, 0.2) is 0 Å². The van der Waals surface area contributed by atoms with Crippen LogP contribution in [0.5, 0.6) is 0 Å². The average molecular weight is 438 g/mol. The standard InChI is InChI=1S/C27H22N2O4/c1-32-26(30)24-22(17-12-6-8-14-19(17)28-24)21(16-10-4-3-5-11-16)23-18-13-7-9-15-20(18)29-25(23)27(31)33-2/h3-15,21,28-29H,1-2H3. The quantitative estimate of drug-likeness (QED) is 0.360. The van der Waals surface area contributed by atoms with Crippen LogP contribution in [0.25, 0.3) is 21.8 Å². The van der Waals surface area contributed by atoms with Crippen LogP contribution in [0.15, 0.2) is 78.9 Å². The molecule has 2 heterocycles. The van der Waals surface area contributed by atoms with E-state index in [-0.39, 0.29) is 0 Å². The van der Waals surface area contributed by atoms with Crippen LogP contribution in [0.4, 0.5) is 0 Å². The molecule has 5 rings (SSSR count). The van der Waals surface area contributed by atoms with Crippen molar-refractivity contribution >= 4 is 33.7 Å². The molecule has 0 fully saturated rings. The summed E-state index contributed by atoms with van der Waals surface area (Å²) < 4.78 is 10.3. The molecule has 0 radical (unpaired) electrons. The molecule has 0 spiro atoms. The van der Waals surface area contributed by atoms with Crippen molar-refractivity contribution in [1.82, 2.24) is 9.97 Å². The van der Waals surface area contributed by atoms with Crippen molar-refractivity contribution in [2.24, 2.45) is 0 Å². The highest BCUT2D eigenvalue weighted by molar-refractivity contribution is 6.03. The van der Waals surface area contributed by atoms with Gasteiger partial charge in [-0.25, -0.2) is 9.59 Å². The number of carbonyl (C=O) groups is 2. The first-order valence-corrected chi connectivity index (χ1v) is 10.6. The molecule has 3 aromatic carbocycles. The Kier molecular flexibility index (Phi) is 5.18. The van der Waals surface area contributed by atoms with Crippen molar-refractivity contribution in [2.45, 2.75) is 5.92 Å². The summed E-state index contributed by atoms with van der Waals surface area (Å²) in [6.45, 7) is 0. The normalized spacial score (nSPS) is 11.2. The first-order chi connectivity index (χ1) is 16.1. The Hall–Kier alpha value is -4.32. The van der Waals surface area contributed by atoms with Crippen LogP contribution in [-0.2, 0) is 9.47 Å². The van der Waals surface area contributed by atoms with E-state index in [2.05, 4.69) is 9.97 Å². The van der Waals surface area contributed by atoms with Crippen molar-refractivity contribution in [3.05, 3.63) is 107 Å². The van der Waals surface area contributed by atoms with Gasteiger partial charge in [-0.05, 0) is 17.7 Å². The van der Waals surface area contributed by atoms with E-state index < -0.39 is 17.9 Å². The number of hydrogen-bond acceptors (Lipinski definition) is 4. The Balaban J connectivity index is 1.93. The molecule has 33 heavy (non-hydrogen) atoms. The molecule has 2 aromatic heterocycles. The van der Waals surface area contributed by atoms with Crippen molar-refractivity contribution in [2.75, 3.05) is 14.2 Å². The molecule has 164 valence electrons. The van der Waals surface area contributed by atoms with Crippen molar-refractivity contribution in [3.8, 4) is 0 Å². The van der Waals surface area contributed by atoms with Gasteiger partial charge in [0.2, 0.25) is 0 Å². The summed E-state index contributed by atoms with van der Waals surface area (Å²) in [6, 6.07) is 25.3. The van der Waals surface area contributed by atoms with Crippen molar-refractivity contribution in [1.29, 1.82) is 0 Å². The summed E-state index contributed by atoms with van der Waals surface area (Å²) in [7, 11) is 2.72. The predicted octanol–water partition coefficient (Wildman–Crippen LogP) is 5.40. The van der Waals surface area contributed by atoms with Gasteiger partial charge in [-0.3, -0.25) is 0 Å². The third kappa shape index (κ3) is 3.36. The van der Waals surface area contributed by atoms with Gasteiger partial charge < -0.3 is 19.4 Å². The lowest BCUT2D eigenvalue weighted by Gasteiger charge is -2.20. The number of aromatic amines is 2. The van der Waals surface area contributed by atoms with Gasteiger partial charge in [0.05, 0.1) is 14.2 Å². The highest BCUT2D eigenvalue weighted by Gasteiger charge is 2.33.